The zero-order valence-electron chi connectivity index (χ0n) is 4.31. The Morgan fingerprint density at radius 3 is 2.57 bits per heavy atom. The molecular weight excluding hydrogens is 94.0 g/mol. The van der Waals surface area contributed by atoms with Gasteiger partial charge < -0.3 is 16.0 Å². The highest BCUT2D eigenvalue weighted by Crippen LogP contribution is 1.99. The Morgan fingerprint density at radius 2 is 2.43 bits per heavy atom. The van der Waals surface area contributed by atoms with Crippen molar-refractivity contribution in [1.29, 1.82) is 0 Å². The van der Waals surface area contributed by atoms with E-state index in [2.05, 4.69) is 4.74 Å². The number of rotatable bonds is 0. The fourth-order valence-electron chi connectivity index (χ4n) is 0.395. The molecule has 0 amide bonds. The highest BCUT2D eigenvalue weighted by Gasteiger charge is 1.86. The Hall–Kier alpha value is -0.700. The van der Waals surface area contributed by atoms with Crippen LogP contribution in [0.5, 0.6) is 0 Å². The summed E-state index contributed by atoms with van der Waals surface area (Å²) in [5.74, 6) is -0.171. The third-order valence-corrected chi connectivity index (χ3v) is 0.673. The fraction of sp³-hybridized carbons (Fsp3) is 0.500. The van der Waals surface area contributed by atoms with Crippen molar-refractivity contribution >= 4 is 0 Å². The maximum atomic E-state index is 9.97. The highest BCUT2D eigenvalue weighted by molar-refractivity contribution is 4.84. The van der Waals surface area contributed by atoms with Crippen LogP contribution in [0.2, 0.25) is 0 Å². The van der Waals surface area contributed by atoms with E-state index < -0.39 is 0 Å². The minimum absolute atomic E-state index is 0. The van der Waals surface area contributed by atoms with Crippen molar-refractivity contribution < 1.29 is 9.84 Å². The Morgan fingerprint density at radius 1 is 1.71 bits per heavy atom. The van der Waals surface area contributed by atoms with Gasteiger partial charge in [-0.15, -0.1) is 0 Å². The molecule has 7 heavy (non-hydrogen) atoms. The van der Waals surface area contributed by atoms with E-state index in [0.29, 0.717) is 6.61 Å². The lowest BCUT2D eigenvalue weighted by Crippen LogP contribution is -2.01. The van der Waals surface area contributed by atoms with E-state index in [1.165, 1.54) is 0 Å². The standard InChI is InChI=1S/C4H6O2.H3N/c5-4-2-1-3-6-4;/h2,5H,1,3H2;1H3. The fourth-order valence-corrected chi connectivity index (χ4v) is 0.395. The molecular formula is C4H9NO2. The van der Waals surface area contributed by atoms with Crippen LogP contribution in [0.3, 0.4) is 0 Å². The van der Waals surface area contributed by atoms with Crippen molar-refractivity contribution in [2.24, 2.45) is 0 Å². The van der Waals surface area contributed by atoms with Crippen LogP contribution in [0.1, 0.15) is 6.42 Å². The number of quaternary nitrogens is 1. The molecule has 0 spiro atoms. The molecule has 1 heterocycles. The molecule has 3 heteroatoms. The van der Waals surface area contributed by atoms with Crippen LogP contribution in [0.25, 0.3) is 0 Å². The van der Waals surface area contributed by atoms with E-state index in [0.717, 1.165) is 6.42 Å². The van der Waals surface area contributed by atoms with Crippen LogP contribution in [0.4, 0.5) is 0 Å². The Balaban J connectivity index is 0.000000360. The molecule has 0 aromatic heterocycles. The third kappa shape index (κ3) is 1.45. The normalized spacial score (nSPS) is 16.9. The second kappa shape index (κ2) is 2.47. The van der Waals surface area contributed by atoms with Crippen LogP contribution in [0, 0.1) is 0 Å². The topological polar surface area (TPSA) is 68.8 Å². The van der Waals surface area contributed by atoms with Gasteiger partial charge in [-0.05, 0) is 13.0 Å². The summed E-state index contributed by atoms with van der Waals surface area (Å²) in [7, 11) is 0. The van der Waals surface area contributed by atoms with E-state index in [1.807, 2.05) is 0 Å². The molecule has 3 nitrogen and oxygen atoms in total. The van der Waals surface area contributed by atoms with Crippen LogP contribution in [-0.2, 0) is 4.74 Å². The first-order chi connectivity index (χ1) is 2.89. The molecule has 0 aromatic carbocycles. The second-order valence-electron chi connectivity index (χ2n) is 1.16. The summed E-state index contributed by atoms with van der Waals surface area (Å²) in [6.45, 7) is 0.582. The molecule has 0 aromatic rings. The van der Waals surface area contributed by atoms with Gasteiger partial charge in [0, 0.05) is 5.95 Å². The van der Waals surface area contributed by atoms with Gasteiger partial charge in [-0.3, -0.25) is 0 Å². The summed E-state index contributed by atoms with van der Waals surface area (Å²) in [6, 6.07) is 0. The lowest BCUT2D eigenvalue weighted by Gasteiger charge is -2.02. The zero-order chi connectivity index (χ0) is 4.41. The molecule has 4 N–H and O–H groups in total. The van der Waals surface area contributed by atoms with Crippen LogP contribution >= 0.6 is 0 Å². The Kier molecular flexibility index (Phi) is 2.22. The molecule has 1 aliphatic rings. The molecule has 42 valence electrons. The monoisotopic (exact) mass is 103 g/mol. The van der Waals surface area contributed by atoms with E-state index >= 15 is 0 Å². The lowest BCUT2D eigenvalue weighted by molar-refractivity contribution is -0.352. The molecule has 0 saturated carbocycles. The summed E-state index contributed by atoms with van der Waals surface area (Å²) in [6.07, 6.45) is 2.33. The van der Waals surface area contributed by atoms with Crippen molar-refractivity contribution in [3.8, 4) is 0 Å². The van der Waals surface area contributed by atoms with Gasteiger partial charge in [0.25, 0.3) is 0 Å². The molecule has 0 bridgehead atoms. The van der Waals surface area contributed by atoms with Crippen LogP contribution in [0.15, 0.2) is 12.0 Å². The largest absolute Gasteiger partial charge is 0.613 e. The van der Waals surface area contributed by atoms with E-state index in [4.69, 9.17) is 0 Å². The molecule has 1 rings (SSSR count). The van der Waals surface area contributed by atoms with E-state index in [1.54, 1.807) is 6.08 Å². The molecule has 0 fully saturated rings. The lowest BCUT2D eigenvalue weighted by atomic mass is 10.5. The Labute approximate surface area is 42.2 Å². The van der Waals surface area contributed by atoms with Crippen molar-refractivity contribution in [1.82, 2.24) is 6.15 Å². The van der Waals surface area contributed by atoms with Gasteiger partial charge >= 0.3 is 0 Å². The summed E-state index contributed by atoms with van der Waals surface area (Å²) in [5.41, 5.74) is 0. The molecule has 1 aliphatic heterocycles. The maximum absolute atomic E-state index is 9.97. The molecule has 0 unspecified atom stereocenters. The van der Waals surface area contributed by atoms with Crippen LogP contribution in [-0.4, -0.2) is 6.61 Å². The molecule has 0 atom stereocenters. The van der Waals surface area contributed by atoms with Gasteiger partial charge in [0.05, 0.1) is 0 Å². The average Bonchev–Trinajstić information content (AvgIpc) is 1.86. The summed E-state index contributed by atoms with van der Waals surface area (Å²) in [5, 5.41) is 9.97. The average molecular weight is 103 g/mol. The second-order valence-corrected chi connectivity index (χ2v) is 1.16. The predicted octanol–water partition coefficient (Wildman–Crippen LogP) is -0.0154. The number of hydrogen-bond acceptors (Lipinski definition) is 2. The minimum Gasteiger partial charge on any atom is -0.613 e. The summed E-state index contributed by atoms with van der Waals surface area (Å²) >= 11 is 0. The highest BCUT2D eigenvalue weighted by atomic mass is 16.6. The van der Waals surface area contributed by atoms with Gasteiger partial charge in [-0.1, -0.05) is 6.08 Å². The van der Waals surface area contributed by atoms with Gasteiger partial charge in [0.15, 0.2) is 0 Å². The summed E-state index contributed by atoms with van der Waals surface area (Å²) < 4.78 is 4.46. The first-order valence-corrected chi connectivity index (χ1v) is 1.89. The zero-order valence-corrected chi connectivity index (χ0v) is 4.31. The SMILES string of the molecule is [NH4+].[O-]C1=CCCO1. The van der Waals surface area contributed by atoms with E-state index in [-0.39, 0.29) is 12.1 Å². The first kappa shape index (κ1) is 6.30. The first-order valence-electron chi connectivity index (χ1n) is 1.89. The summed E-state index contributed by atoms with van der Waals surface area (Å²) in [4.78, 5) is 0. The van der Waals surface area contributed by atoms with Crippen molar-refractivity contribution in [2.75, 3.05) is 6.61 Å². The number of hydrogen-bond donors (Lipinski definition) is 1. The van der Waals surface area contributed by atoms with Crippen molar-refractivity contribution in [3.63, 3.8) is 0 Å². The smallest absolute Gasteiger partial charge is 0.0471 e. The third-order valence-electron chi connectivity index (χ3n) is 0.673. The van der Waals surface area contributed by atoms with E-state index in [9.17, 15) is 5.11 Å². The van der Waals surface area contributed by atoms with Gasteiger partial charge in [-0.2, -0.15) is 0 Å². The maximum Gasteiger partial charge on any atom is 0.0471 e. The van der Waals surface area contributed by atoms with Crippen molar-refractivity contribution in [3.05, 3.63) is 12.0 Å². The quantitative estimate of drug-likeness (QED) is 0.468. The van der Waals surface area contributed by atoms with Gasteiger partial charge in [-0.25, -0.2) is 0 Å². The van der Waals surface area contributed by atoms with Gasteiger partial charge in [0.2, 0.25) is 0 Å². The predicted molar refractivity (Wildman–Crippen MR) is 24.6 cm³/mol. The van der Waals surface area contributed by atoms with Gasteiger partial charge in [0.1, 0.15) is 0 Å². The molecule has 0 radical (unpaired) electrons. The Bertz CT molecular complexity index is 79.8. The van der Waals surface area contributed by atoms with Crippen LogP contribution < -0.4 is 11.3 Å². The van der Waals surface area contributed by atoms with Crippen molar-refractivity contribution in [2.45, 2.75) is 6.42 Å². The molecule has 0 saturated heterocycles. The molecule has 0 aliphatic carbocycles. The number of ether oxygens (including phenoxy) is 1. The minimum atomic E-state index is -0.171.